The number of rotatable bonds is 10. The highest BCUT2D eigenvalue weighted by Gasteiger charge is 2.43. The third kappa shape index (κ3) is 6.08. The van der Waals surface area contributed by atoms with Gasteiger partial charge in [0.25, 0.3) is 0 Å². The average molecular weight is 395 g/mol. The monoisotopic (exact) mass is 394 g/mol. The van der Waals surface area contributed by atoms with Gasteiger partial charge in [0.1, 0.15) is 0 Å². The van der Waals surface area contributed by atoms with Gasteiger partial charge in [-0.05, 0) is 62.8 Å². The van der Waals surface area contributed by atoms with Crippen LogP contribution in [-0.4, -0.2) is 13.7 Å². The van der Waals surface area contributed by atoms with Gasteiger partial charge in [0.05, 0.1) is 20.3 Å². The Hall–Kier alpha value is -1.85. The van der Waals surface area contributed by atoms with Crippen molar-refractivity contribution < 1.29 is 4.21 Å². The van der Waals surface area contributed by atoms with E-state index >= 15 is 0 Å². The van der Waals surface area contributed by atoms with E-state index in [1.54, 1.807) is 0 Å². The van der Waals surface area contributed by atoms with E-state index in [1.807, 2.05) is 36.5 Å². The number of hydrogen-bond acceptors (Lipinski definition) is 1. The van der Waals surface area contributed by atoms with Crippen LogP contribution in [0.15, 0.2) is 84.4 Å². The predicted octanol–water partition coefficient (Wildman–Crippen LogP) is 7.05. The molecule has 0 saturated carbocycles. The van der Waals surface area contributed by atoms with Crippen molar-refractivity contribution in [2.75, 3.05) is 0 Å². The molecule has 0 N–H and O–H groups in total. The van der Waals surface area contributed by atoms with Gasteiger partial charge in [0.15, 0.2) is 0 Å². The van der Waals surface area contributed by atoms with Crippen molar-refractivity contribution in [1.82, 2.24) is 0 Å². The highest BCUT2D eigenvalue weighted by molar-refractivity contribution is 7.88. The summed E-state index contributed by atoms with van der Waals surface area (Å²) in [5.41, 5.74) is 6.68. The third-order valence-corrected chi connectivity index (χ3v) is 7.33. The van der Waals surface area contributed by atoms with Crippen molar-refractivity contribution in [3.05, 3.63) is 84.4 Å². The molecule has 28 heavy (non-hydrogen) atoms. The topological polar surface area (TPSA) is 17.1 Å². The predicted molar refractivity (Wildman–Crippen MR) is 124 cm³/mol. The molecule has 2 rings (SSSR count). The van der Waals surface area contributed by atoms with Crippen LogP contribution in [0, 0.1) is 0 Å². The fourth-order valence-electron chi connectivity index (χ4n) is 3.36. The Bertz CT molecular complexity index is 702. The molecule has 2 aliphatic rings. The molecular weight excluding hydrogens is 360 g/mol. The summed E-state index contributed by atoms with van der Waals surface area (Å²) in [6.07, 6.45) is 32.9. The van der Waals surface area contributed by atoms with Crippen molar-refractivity contribution in [2.24, 2.45) is 0 Å². The van der Waals surface area contributed by atoms with Crippen LogP contribution in [0.4, 0.5) is 0 Å². The molecule has 0 fully saturated rings. The van der Waals surface area contributed by atoms with E-state index in [0.29, 0.717) is 0 Å². The molecule has 2 aliphatic carbocycles. The molecule has 0 spiro atoms. The van der Waals surface area contributed by atoms with Crippen LogP contribution in [0.25, 0.3) is 0 Å². The van der Waals surface area contributed by atoms with Gasteiger partial charge in [0.2, 0.25) is 0 Å². The second-order valence-corrected chi connectivity index (χ2v) is 9.53. The zero-order chi connectivity index (χ0) is 20.1. The molecule has 0 aromatic heterocycles. The molecule has 0 aliphatic heterocycles. The Labute approximate surface area is 174 Å². The zero-order valence-electron chi connectivity index (χ0n) is 17.4. The first-order chi connectivity index (χ1) is 13.7. The van der Waals surface area contributed by atoms with Gasteiger partial charge in [0, 0.05) is 0 Å². The fourth-order valence-corrected chi connectivity index (χ4v) is 5.32. The largest absolute Gasteiger partial charge is 0.257 e. The van der Waals surface area contributed by atoms with Crippen molar-refractivity contribution in [2.45, 2.75) is 74.7 Å². The van der Waals surface area contributed by atoms with Gasteiger partial charge in [-0.3, -0.25) is 4.21 Å². The minimum atomic E-state index is -1.18. The molecule has 0 radical (unpaired) electrons. The molecule has 2 unspecified atom stereocenters. The minimum Gasteiger partial charge on any atom is -0.257 e. The maximum Gasteiger partial charge on any atom is 0.0941 e. The molecule has 0 heterocycles. The van der Waals surface area contributed by atoms with E-state index in [4.69, 9.17) is 0 Å². The Morgan fingerprint density at radius 1 is 0.821 bits per heavy atom. The summed E-state index contributed by atoms with van der Waals surface area (Å²) < 4.78 is 12.9. The smallest absolute Gasteiger partial charge is 0.0941 e. The molecule has 150 valence electrons. The van der Waals surface area contributed by atoms with Crippen LogP contribution in [0.2, 0.25) is 0 Å². The molecule has 0 bridgehead atoms. The molecule has 0 aromatic carbocycles. The Kier molecular flexibility index (Phi) is 9.51. The standard InChI is InChI=1S/C26H34OS/c1-3-5-7-9-13-19-25(21-15-11-16-22-25)28(27)26(23-17-12-18-24-26)20-14-10-8-6-4-2/h9-12,15-21,23H,3-8,22,24H2,1-2H3. The minimum absolute atomic E-state index is 0.533. The second kappa shape index (κ2) is 11.9. The molecular formula is C26H34OS. The SMILES string of the molecule is CCCCC=C=CC1(S(=O)C2(C=C=CCCCC)C=CC=CC2)C=CC=CC1. The maximum absolute atomic E-state index is 14.0. The number of unbranched alkanes of at least 4 members (excludes halogenated alkanes) is 4. The summed E-state index contributed by atoms with van der Waals surface area (Å²) in [4.78, 5) is 0. The lowest BCUT2D eigenvalue weighted by molar-refractivity contribution is 0.642. The molecule has 0 saturated heterocycles. The average Bonchev–Trinajstić information content (AvgIpc) is 2.74. The van der Waals surface area contributed by atoms with Gasteiger partial charge < -0.3 is 0 Å². The summed E-state index contributed by atoms with van der Waals surface area (Å²) >= 11 is 0. The van der Waals surface area contributed by atoms with Gasteiger partial charge >= 0.3 is 0 Å². The first-order valence-electron chi connectivity index (χ1n) is 10.6. The van der Waals surface area contributed by atoms with E-state index < -0.39 is 20.3 Å². The lowest BCUT2D eigenvalue weighted by atomic mass is 9.98. The molecule has 2 atom stereocenters. The van der Waals surface area contributed by atoms with E-state index in [2.05, 4.69) is 61.8 Å². The molecule has 1 nitrogen and oxygen atoms in total. The van der Waals surface area contributed by atoms with Gasteiger partial charge in [-0.15, -0.1) is 11.5 Å². The number of hydrogen-bond donors (Lipinski definition) is 0. The zero-order valence-corrected chi connectivity index (χ0v) is 18.2. The normalized spacial score (nSPS) is 26.2. The molecule has 2 heteroatoms. The quantitative estimate of drug-likeness (QED) is 0.287. The van der Waals surface area contributed by atoms with Crippen molar-refractivity contribution in [3.8, 4) is 0 Å². The van der Waals surface area contributed by atoms with Crippen LogP contribution in [0.3, 0.4) is 0 Å². The van der Waals surface area contributed by atoms with E-state index in [9.17, 15) is 4.21 Å². The van der Waals surface area contributed by atoms with Crippen LogP contribution < -0.4 is 0 Å². The first-order valence-corrected chi connectivity index (χ1v) is 11.8. The van der Waals surface area contributed by atoms with Gasteiger partial charge in [-0.2, -0.15) is 0 Å². The van der Waals surface area contributed by atoms with E-state index in [1.165, 1.54) is 12.8 Å². The highest BCUT2D eigenvalue weighted by atomic mass is 32.2. The third-order valence-electron chi connectivity index (χ3n) is 5.11. The van der Waals surface area contributed by atoms with Crippen molar-refractivity contribution in [3.63, 3.8) is 0 Å². The van der Waals surface area contributed by atoms with Crippen LogP contribution >= 0.6 is 0 Å². The maximum atomic E-state index is 14.0. The molecule has 0 aromatic rings. The van der Waals surface area contributed by atoms with Crippen LogP contribution in [0.1, 0.15) is 65.2 Å². The van der Waals surface area contributed by atoms with E-state index in [-0.39, 0.29) is 0 Å². The summed E-state index contributed by atoms with van der Waals surface area (Å²) in [5.74, 6) is 0. The fraction of sp³-hybridized carbons (Fsp3) is 0.462. The van der Waals surface area contributed by atoms with Gasteiger partial charge in [-0.1, -0.05) is 75.3 Å². The van der Waals surface area contributed by atoms with Crippen LogP contribution in [-0.2, 0) is 10.8 Å². The summed E-state index contributed by atoms with van der Waals surface area (Å²) in [7, 11) is -1.18. The Balaban J connectivity index is 2.35. The second-order valence-electron chi connectivity index (χ2n) is 7.48. The lowest BCUT2D eigenvalue weighted by Crippen LogP contribution is -2.44. The lowest BCUT2D eigenvalue weighted by Gasteiger charge is -2.36. The summed E-state index contributed by atoms with van der Waals surface area (Å²) in [6.45, 7) is 4.38. The van der Waals surface area contributed by atoms with Gasteiger partial charge in [-0.25, -0.2) is 0 Å². The Morgan fingerprint density at radius 3 is 1.64 bits per heavy atom. The summed E-state index contributed by atoms with van der Waals surface area (Å²) in [5, 5.41) is 0. The van der Waals surface area contributed by atoms with E-state index in [0.717, 1.165) is 38.5 Å². The Morgan fingerprint density at radius 2 is 1.29 bits per heavy atom. The van der Waals surface area contributed by atoms with Crippen LogP contribution in [0.5, 0.6) is 0 Å². The van der Waals surface area contributed by atoms with Crippen molar-refractivity contribution in [1.29, 1.82) is 0 Å². The molecule has 0 amide bonds. The number of allylic oxidation sites excluding steroid dienone is 6. The highest BCUT2D eigenvalue weighted by Crippen LogP contribution is 2.38. The first kappa shape index (κ1) is 22.4. The summed E-state index contributed by atoms with van der Waals surface area (Å²) in [6, 6.07) is 0. The van der Waals surface area contributed by atoms with Crippen molar-refractivity contribution >= 4 is 10.8 Å².